The van der Waals surface area contributed by atoms with Crippen LogP contribution in [0.4, 0.5) is 4.39 Å². The molecule has 8 nitrogen and oxygen atoms in total. The van der Waals surface area contributed by atoms with Crippen LogP contribution in [0.15, 0.2) is 47.5 Å². The Morgan fingerprint density at radius 3 is 2.77 bits per heavy atom. The molecule has 35 heavy (non-hydrogen) atoms. The van der Waals surface area contributed by atoms with Crippen molar-refractivity contribution in [1.29, 1.82) is 0 Å². The van der Waals surface area contributed by atoms with E-state index in [0.29, 0.717) is 34.7 Å². The van der Waals surface area contributed by atoms with Crippen LogP contribution in [-0.4, -0.2) is 32.0 Å². The van der Waals surface area contributed by atoms with Crippen molar-refractivity contribution in [2.24, 2.45) is 0 Å². The van der Waals surface area contributed by atoms with Crippen molar-refractivity contribution in [2.45, 2.75) is 40.2 Å². The summed E-state index contributed by atoms with van der Waals surface area (Å²) in [5, 5.41) is 12.6. The zero-order valence-electron chi connectivity index (χ0n) is 20.0. The number of halogens is 1. The van der Waals surface area contributed by atoms with Crippen molar-refractivity contribution in [3.05, 3.63) is 81.5 Å². The fraction of sp³-hybridized carbons (Fsp3) is 0.269. The van der Waals surface area contributed by atoms with Gasteiger partial charge in [0.1, 0.15) is 17.8 Å². The number of imidazole rings is 1. The number of nitrogens with one attached hydrogen (secondary N) is 2. The van der Waals surface area contributed by atoms with E-state index in [-0.39, 0.29) is 29.3 Å². The number of aromatic hydroxyl groups is 1. The zero-order chi connectivity index (χ0) is 25.3. The number of benzene rings is 1. The summed E-state index contributed by atoms with van der Waals surface area (Å²) in [4.78, 5) is 33.0. The first kappa shape index (κ1) is 24.0. The first-order valence-corrected chi connectivity index (χ1v) is 11.3. The average Bonchev–Trinajstić information content (AvgIpc) is 3.24. The molecular weight excluding hydrogens is 451 g/mol. The maximum atomic E-state index is 14.7. The third kappa shape index (κ3) is 4.62. The summed E-state index contributed by atoms with van der Waals surface area (Å²) in [7, 11) is 0. The van der Waals surface area contributed by atoms with Gasteiger partial charge >= 0.3 is 0 Å². The predicted octanol–water partition coefficient (Wildman–Crippen LogP) is 4.29. The molecule has 182 valence electrons. The molecule has 0 aliphatic heterocycles. The molecule has 3 N–H and O–H groups in total. The monoisotopic (exact) mass is 478 g/mol. The molecule has 9 heteroatoms. The van der Waals surface area contributed by atoms with Crippen LogP contribution in [0.3, 0.4) is 0 Å². The van der Waals surface area contributed by atoms with E-state index in [1.54, 1.807) is 29.8 Å². The maximum Gasteiger partial charge on any atom is 0.268 e. The zero-order valence-corrected chi connectivity index (χ0v) is 20.0. The number of aromatic amines is 1. The van der Waals surface area contributed by atoms with Crippen molar-refractivity contribution >= 4 is 11.4 Å². The maximum absolute atomic E-state index is 14.7. The van der Waals surface area contributed by atoms with Crippen LogP contribution in [-0.2, 0) is 6.54 Å². The van der Waals surface area contributed by atoms with Gasteiger partial charge in [0.25, 0.3) is 11.5 Å². The second-order valence-corrected chi connectivity index (χ2v) is 8.55. The number of H-pyrrole nitrogens is 1. The quantitative estimate of drug-likeness (QED) is 0.367. The summed E-state index contributed by atoms with van der Waals surface area (Å²) < 4.78 is 22.0. The highest BCUT2D eigenvalue weighted by atomic mass is 19.1. The number of aromatic nitrogens is 3. The van der Waals surface area contributed by atoms with Gasteiger partial charge in [-0.25, -0.2) is 9.37 Å². The Labute approximate surface area is 201 Å². The fourth-order valence-corrected chi connectivity index (χ4v) is 4.03. The molecule has 0 aliphatic carbocycles. The fourth-order valence-electron chi connectivity index (χ4n) is 4.03. The Bertz CT molecular complexity index is 1470. The highest BCUT2D eigenvalue weighted by molar-refractivity contribution is 5.95. The van der Waals surface area contributed by atoms with Crippen molar-refractivity contribution in [3.63, 3.8) is 0 Å². The normalized spacial score (nSPS) is 11.3. The standard InChI is InChI=1S/C26H27FN4O4/c1-5-35-22-9-15(4)30-25(33)18(22)12-28-26(34)20-11-16(17-7-6-8-21(32)23(17)27)10-19-24(14(2)3)29-13-31(19)20/h6-11,13-14,32H,5,12H2,1-4H3,(H,28,34)(H,30,33). The number of carbonyl (C=O) groups is 1. The Balaban J connectivity index is 1.78. The Kier molecular flexibility index (Phi) is 6.59. The van der Waals surface area contributed by atoms with E-state index in [1.165, 1.54) is 24.3 Å². The predicted molar refractivity (Wildman–Crippen MR) is 130 cm³/mol. The lowest BCUT2D eigenvalue weighted by Gasteiger charge is -2.14. The molecule has 3 aromatic heterocycles. The third-order valence-corrected chi connectivity index (χ3v) is 5.70. The molecular formula is C26H27FN4O4. The number of pyridine rings is 2. The van der Waals surface area contributed by atoms with Gasteiger partial charge in [0, 0.05) is 11.3 Å². The van der Waals surface area contributed by atoms with Crippen LogP contribution < -0.4 is 15.6 Å². The molecule has 0 atom stereocenters. The average molecular weight is 479 g/mol. The number of phenolic OH excluding ortho intramolecular Hbond substituents is 1. The lowest BCUT2D eigenvalue weighted by molar-refractivity contribution is 0.0944. The Morgan fingerprint density at radius 1 is 1.29 bits per heavy atom. The Morgan fingerprint density at radius 2 is 2.06 bits per heavy atom. The van der Waals surface area contributed by atoms with Gasteiger partial charge in [-0.15, -0.1) is 0 Å². The molecule has 0 saturated heterocycles. The first-order chi connectivity index (χ1) is 16.7. The molecule has 1 amide bonds. The second-order valence-electron chi connectivity index (χ2n) is 8.55. The summed E-state index contributed by atoms with van der Waals surface area (Å²) in [6.07, 6.45) is 1.55. The molecule has 0 saturated carbocycles. The van der Waals surface area contributed by atoms with Gasteiger partial charge in [-0.1, -0.05) is 26.0 Å². The molecule has 0 unspecified atom stereocenters. The van der Waals surface area contributed by atoms with E-state index in [9.17, 15) is 19.1 Å². The SMILES string of the molecule is CCOc1cc(C)[nH]c(=O)c1CNC(=O)c1cc(-c2cccc(O)c2F)cc2c(C(C)C)ncn12. The number of rotatable bonds is 7. The number of nitrogens with zero attached hydrogens (tertiary/aromatic N) is 2. The van der Waals surface area contributed by atoms with Gasteiger partial charge in [-0.2, -0.15) is 0 Å². The van der Waals surface area contributed by atoms with E-state index in [1.807, 2.05) is 20.8 Å². The van der Waals surface area contributed by atoms with Crippen molar-refractivity contribution in [1.82, 2.24) is 19.7 Å². The van der Waals surface area contributed by atoms with Gasteiger partial charge in [-0.3, -0.25) is 14.0 Å². The lowest BCUT2D eigenvalue weighted by Crippen LogP contribution is -2.29. The molecule has 4 rings (SSSR count). The summed E-state index contributed by atoms with van der Waals surface area (Å²) >= 11 is 0. The van der Waals surface area contributed by atoms with Crippen LogP contribution in [0.2, 0.25) is 0 Å². The van der Waals surface area contributed by atoms with Crippen LogP contribution in [0, 0.1) is 12.7 Å². The van der Waals surface area contributed by atoms with Crippen molar-refractivity contribution in [2.75, 3.05) is 6.61 Å². The summed E-state index contributed by atoms with van der Waals surface area (Å²) in [5.74, 6) is -1.28. The number of hydrogen-bond acceptors (Lipinski definition) is 5. The first-order valence-electron chi connectivity index (χ1n) is 11.3. The summed E-state index contributed by atoms with van der Waals surface area (Å²) in [6.45, 7) is 7.81. The molecule has 0 fully saturated rings. The van der Waals surface area contributed by atoms with E-state index in [0.717, 1.165) is 5.69 Å². The number of hydrogen-bond donors (Lipinski definition) is 3. The number of carbonyl (C=O) groups excluding carboxylic acids is 1. The minimum atomic E-state index is -0.777. The second kappa shape index (κ2) is 9.61. The van der Waals surface area contributed by atoms with Gasteiger partial charge in [-0.05, 0) is 49.6 Å². The van der Waals surface area contributed by atoms with Crippen LogP contribution in [0.5, 0.6) is 11.5 Å². The molecule has 0 bridgehead atoms. The highest BCUT2D eigenvalue weighted by Crippen LogP contribution is 2.32. The Hall–Kier alpha value is -4.14. The van der Waals surface area contributed by atoms with Crippen LogP contribution in [0.25, 0.3) is 16.6 Å². The lowest BCUT2D eigenvalue weighted by atomic mass is 10.0. The van der Waals surface area contributed by atoms with Gasteiger partial charge in [0.15, 0.2) is 11.6 Å². The van der Waals surface area contributed by atoms with E-state index >= 15 is 0 Å². The van der Waals surface area contributed by atoms with E-state index in [2.05, 4.69) is 15.3 Å². The molecule has 3 heterocycles. The van der Waals surface area contributed by atoms with Crippen LogP contribution in [0.1, 0.15) is 54.1 Å². The minimum Gasteiger partial charge on any atom is -0.505 e. The molecule has 0 aliphatic rings. The van der Waals surface area contributed by atoms with E-state index in [4.69, 9.17) is 4.74 Å². The van der Waals surface area contributed by atoms with Gasteiger partial charge in [0.05, 0.1) is 29.9 Å². The largest absolute Gasteiger partial charge is 0.505 e. The topological polar surface area (TPSA) is 109 Å². The third-order valence-electron chi connectivity index (χ3n) is 5.70. The number of fused-ring (bicyclic) bond motifs is 1. The molecule has 1 aromatic carbocycles. The number of amides is 1. The molecule has 0 radical (unpaired) electrons. The number of phenols is 1. The smallest absolute Gasteiger partial charge is 0.268 e. The van der Waals surface area contributed by atoms with Gasteiger partial charge in [0.2, 0.25) is 0 Å². The number of ether oxygens (including phenoxy) is 1. The molecule has 4 aromatic rings. The van der Waals surface area contributed by atoms with E-state index < -0.39 is 17.5 Å². The van der Waals surface area contributed by atoms with Gasteiger partial charge < -0.3 is 20.1 Å². The summed E-state index contributed by atoms with van der Waals surface area (Å²) in [6, 6.07) is 9.33. The summed E-state index contributed by atoms with van der Waals surface area (Å²) in [5.41, 5.74) is 2.78. The van der Waals surface area contributed by atoms with Crippen molar-refractivity contribution < 1.29 is 19.0 Å². The number of aryl methyl sites for hydroxylation is 1. The van der Waals surface area contributed by atoms with Crippen LogP contribution >= 0.6 is 0 Å². The highest BCUT2D eigenvalue weighted by Gasteiger charge is 2.20. The van der Waals surface area contributed by atoms with Crippen molar-refractivity contribution in [3.8, 4) is 22.6 Å². The molecule has 0 spiro atoms. The minimum absolute atomic E-state index is 0.0556.